The molecule has 19 heavy (non-hydrogen) atoms. The Bertz CT molecular complexity index is 757. The van der Waals surface area contributed by atoms with Crippen molar-refractivity contribution >= 4 is 10.8 Å². The van der Waals surface area contributed by atoms with Crippen LogP contribution in [0.25, 0.3) is 22.0 Å². The van der Waals surface area contributed by atoms with Gasteiger partial charge in [0.2, 0.25) is 5.69 Å². The molecule has 3 rings (SSSR count). The van der Waals surface area contributed by atoms with Gasteiger partial charge < -0.3 is 0 Å². The van der Waals surface area contributed by atoms with Crippen molar-refractivity contribution in [2.75, 3.05) is 0 Å². The van der Waals surface area contributed by atoms with Gasteiger partial charge in [-0.2, -0.15) is 0 Å². The largest absolute Gasteiger partial charge is 0.220 e. The lowest BCUT2D eigenvalue weighted by Crippen LogP contribution is -2.30. The molecule has 2 aromatic carbocycles. The van der Waals surface area contributed by atoms with Crippen LogP contribution in [0.5, 0.6) is 0 Å². The number of nitrogens with zero attached hydrogens (tertiary/aromatic N) is 1. The predicted molar refractivity (Wildman–Crippen MR) is 80.0 cm³/mol. The van der Waals surface area contributed by atoms with Gasteiger partial charge in [0.1, 0.15) is 7.05 Å². The highest BCUT2D eigenvalue weighted by atomic mass is 14.9. The first-order valence-corrected chi connectivity index (χ1v) is 6.62. The molecule has 0 aliphatic carbocycles. The number of rotatable bonds is 1. The van der Waals surface area contributed by atoms with Crippen LogP contribution >= 0.6 is 0 Å². The van der Waals surface area contributed by atoms with Crippen LogP contribution in [0.4, 0.5) is 0 Å². The van der Waals surface area contributed by atoms with Crippen LogP contribution in [0.1, 0.15) is 11.1 Å². The molecule has 0 radical (unpaired) electrons. The van der Waals surface area contributed by atoms with Crippen LogP contribution in [0.2, 0.25) is 0 Å². The molecule has 1 aromatic heterocycles. The lowest BCUT2D eigenvalue weighted by Gasteiger charge is -2.08. The number of aryl methyl sites for hydroxylation is 3. The van der Waals surface area contributed by atoms with Crippen LogP contribution in [0, 0.1) is 13.8 Å². The van der Waals surface area contributed by atoms with Crippen molar-refractivity contribution in [3.05, 3.63) is 65.9 Å². The van der Waals surface area contributed by atoms with Gasteiger partial charge in [-0.1, -0.05) is 35.9 Å². The zero-order chi connectivity index (χ0) is 13.4. The topological polar surface area (TPSA) is 3.88 Å². The Morgan fingerprint density at radius 2 is 1.68 bits per heavy atom. The molecule has 0 saturated heterocycles. The minimum absolute atomic E-state index is 1.29. The Labute approximate surface area is 114 Å². The molecule has 1 heteroatoms. The molecule has 0 aliphatic heterocycles. The van der Waals surface area contributed by atoms with E-state index >= 15 is 0 Å². The Morgan fingerprint density at radius 3 is 2.47 bits per heavy atom. The Morgan fingerprint density at radius 1 is 0.895 bits per heavy atom. The summed E-state index contributed by atoms with van der Waals surface area (Å²) in [4.78, 5) is 0. The van der Waals surface area contributed by atoms with Gasteiger partial charge in [-0.3, -0.25) is 0 Å². The van der Waals surface area contributed by atoms with Crippen molar-refractivity contribution in [3.8, 4) is 11.3 Å². The van der Waals surface area contributed by atoms with E-state index in [0.717, 1.165) is 0 Å². The summed E-state index contributed by atoms with van der Waals surface area (Å²) in [6.07, 6.45) is 2.14. The molecule has 0 bridgehead atoms. The van der Waals surface area contributed by atoms with Crippen molar-refractivity contribution in [3.63, 3.8) is 0 Å². The van der Waals surface area contributed by atoms with Gasteiger partial charge in [0.25, 0.3) is 0 Å². The van der Waals surface area contributed by atoms with E-state index in [1.54, 1.807) is 0 Å². The molecule has 0 unspecified atom stereocenters. The first kappa shape index (κ1) is 11.9. The fraction of sp³-hybridized carbons (Fsp3) is 0.167. The molecule has 94 valence electrons. The summed E-state index contributed by atoms with van der Waals surface area (Å²) >= 11 is 0. The second-order valence-electron chi connectivity index (χ2n) is 5.18. The Kier molecular flexibility index (Phi) is 2.83. The highest BCUT2D eigenvalue weighted by Gasteiger charge is 2.16. The molecule has 0 aliphatic rings. The second kappa shape index (κ2) is 4.51. The van der Waals surface area contributed by atoms with Crippen molar-refractivity contribution in [1.82, 2.24) is 0 Å². The maximum atomic E-state index is 2.25. The molecule has 3 aromatic rings. The zero-order valence-corrected chi connectivity index (χ0v) is 11.6. The van der Waals surface area contributed by atoms with Crippen LogP contribution in [0.15, 0.2) is 54.7 Å². The van der Waals surface area contributed by atoms with Crippen LogP contribution in [0.3, 0.4) is 0 Å². The summed E-state index contributed by atoms with van der Waals surface area (Å²) in [6, 6.07) is 17.4. The van der Waals surface area contributed by atoms with Crippen molar-refractivity contribution in [1.29, 1.82) is 0 Å². The average molecular weight is 248 g/mol. The first-order valence-electron chi connectivity index (χ1n) is 6.62. The molecule has 1 nitrogen and oxygen atoms in total. The summed E-state index contributed by atoms with van der Waals surface area (Å²) in [6.45, 7) is 4.32. The van der Waals surface area contributed by atoms with Gasteiger partial charge in [-0.25, -0.2) is 4.57 Å². The van der Waals surface area contributed by atoms with Gasteiger partial charge in [0, 0.05) is 11.6 Å². The minimum atomic E-state index is 1.29. The van der Waals surface area contributed by atoms with Crippen molar-refractivity contribution in [2.45, 2.75) is 13.8 Å². The smallest absolute Gasteiger partial charge is 0.200 e. The molecule has 0 amide bonds. The standard InChI is InChI=1S/C18H18N/c1-13-8-9-16(14(2)12-13)18-17-7-5-4-6-15(17)10-11-19(18)3/h4-12H,1-3H3/q+1. The quantitative estimate of drug-likeness (QED) is 0.574. The highest BCUT2D eigenvalue weighted by molar-refractivity contribution is 5.93. The van der Waals surface area contributed by atoms with Crippen molar-refractivity contribution in [2.24, 2.45) is 7.05 Å². The molecular formula is C18H18N+. The maximum Gasteiger partial charge on any atom is 0.220 e. The Hall–Kier alpha value is -2.15. The fourth-order valence-electron chi connectivity index (χ4n) is 2.73. The number of hydrogen-bond acceptors (Lipinski definition) is 0. The van der Waals surface area contributed by atoms with Crippen molar-refractivity contribution < 1.29 is 4.57 Å². The summed E-state index contributed by atoms with van der Waals surface area (Å²) in [7, 11) is 2.11. The van der Waals surface area contributed by atoms with E-state index < -0.39 is 0 Å². The summed E-state index contributed by atoms with van der Waals surface area (Å²) in [5, 5.41) is 2.59. The molecule has 0 fully saturated rings. The van der Waals surface area contributed by atoms with Crippen LogP contribution in [-0.2, 0) is 7.05 Å². The van der Waals surface area contributed by atoms with Gasteiger partial charge in [-0.05, 0) is 36.9 Å². The predicted octanol–water partition coefficient (Wildman–Crippen LogP) is 3.95. The third kappa shape index (κ3) is 2.01. The summed E-state index contributed by atoms with van der Waals surface area (Å²) < 4.78 is 2.21. The number of benzene rings is 2. The number of fused-ring (bicyclic) bond motifs is 1. The molecular weight excluding hydrogens is 230 g/mol. The molecule has 0 saturated carbocycles. The second-order valence-corrected chi connectivity index (χ2v) is 5.18. The fourth-order valence-corrected chi connectivity index (χ4v) is 2.73. The Balaban J connectivity index is 2.38. The zero-order valence-electron chi connectivity index (χ0n) is 11.6. The van der Waals surface area contributed by atoms with E-state index in [4.69, 9.17) is 0 Å². The third-order valence-electron chi connectivity index (χ3n) is 3.68. The number of pyridine rings is 1. The first-order chi connectivity index (χ1) is 9.16. The van der Waals surface area contributed by atoms with E-state index in [2.05, 4.69) is 80.2 Å². The molecule has 1 heterocycles. The van der Waals surface area contributed by atoms with Crippen LogP contribution in [-0.4, -0.2) is 0 Å². The lowest BCUT2D eigenvalue weighted by molar-refractivity contribution is -0.659. The lowest BCUT2D eigenvalue weighted by atomic mass is 9.98. The molecule has 0 N–H and O–H groups in total. The van der Waals surface area contributed by atoms with E-state index in [0.29, 0.717) is 0 Å². The van der Waals surface area contributed by atoms with E-state index in [1.165, 1.54) is 33.2 Å². The van der Waals surface area contributed by atoms with Gasteiger partial charge in [-0.15, -0.1) is 0 Å². The SMILES string of the molecule is Cc1ccc(-c2c3ccccc3cc[n+]2C)c(C)c1. The van der Waals surface area contributed by atoms with E-state index in [-0.39, 0.29) is 0 Å². The monoisotopic (exact) mass is 248 g/mol. The minimum Gasteiger partial charge on any atom is -0.200 e. The van der Waals surface area contributed by atoms with E-state index in [9.17, 15) is 0 Å². The maximum absolute atomic E-state index is 2.25. The summed E-state index contributed by atoms with van der Waals surface area (Å²) in [5.74, 6) is 0. The van der Waals surface area contributed by atoms with Gasteiger partial charge >= 0.3 is 0 Å². The highest BCUT2D eigenvalue weighted by Crippen LogP contribution is 2.27. The van der Waals surface area contributed by atoms with Gasteiger partial charge in [0.05, 0.1) is 5.39 Å². The van der Waals surface area contributed by atoms with Crippen LogP contribution < -0.4 is 4.57 Å². The van der Waals surface area contributed by atoms with Gasteiger partial charge in [0.15, 0.2) is 6.20 Å². The third-order valence-corrected chi connectivity index (χ3v) is 3.68. The summed E-state index contributed by atoms with van der Waals surface area (Å²) in [5.41, 5.74) is 5.23. The number of aromatic nitrogens is 1. The molecule has 0 spiro atoms. The normalized spacial score (nSPS) is 10.9. The van der Waals surface area contributed by atoms with E-state index in [1.807, 2.05) is 0 Å². The molecule has 0 atom stereocenters. The number of hydrogen-bond donors (Lipinski definition) is 0. The average Bonchev–Trinajstić information content (AvgIpc) is 2.40.